The third-order valence-electron chi connectivity index (χ3n) is 5.69. The topological polar surface area (TPSA) is 59.3 Å². The average molecular weight is 460 g/mol. The first-order valence-electron chi connectivity index (χ1n) is 10.7. The Bertz CT molecular complexity index is 1520. The van der Waals surface area contributed by atoms with Gasteiger partial charge in [-0.1, -0.05) is 61.5 Å². The summed E-state index contributed by atoms with van der Waals surface area (Å²) in [6, 6.07) is 21.0. The lowest BCUT2D eigenvalue weighted by molar-refractivity contribution is -0.142. The van der Waals surface area contributed by atoms with E-state index < -0.39 is 17.8 Å². The summed E-state index contributed by atoms with van der Waals surface area (Å²) in [6.45, 7) is 2.02. The van der Waals surface area contributed by atoms with Gasteiger partial charge in [0.2, 0.25) is 0 Å². The number of alkyl halides is 3. The minimum Gasteiger partial charge on any atom is -0.322 e. The molecule has 0 saturated carbocycles. The number of hydrogen-bond donors (Lipinski definition) is 1. The summed E-state index contributed by atoms with van der Waals surface area (Å²) in [5.41, 5.74) is 1.06. The summed E-state index contributed by atoms with van der Waals surface area (Å²) in [7, 11) is 0. The van der Waals surface area contributed by atoms with Gasteiger partial charge < -0.3 is 5.32 Å². The van der Waals surface area contributed by atoms with Gasteiger partial charge in [-0.2, -0.15) is 18.3 Å². The van der Waals surface area contributed by atoms with E-state index in [0.717, 1.165) is 35.0 Å². The quantitative estimate of drug-likeness (QED) is 0.338. The van der Waals surface area contributed by atoms with Crippen molar-refractivity contribution in [1.29, 1.82) is 0 Å². The highest BCUT2D eigenvalue weighted by molar-refractivity contribution is 6.08. The number of carbonyl (C=O) groups is 1. The lowest BCUT2D eigenvalue weighted by atomic mass is 10.0. The molecule has 5 aromatic rings. The number of carbonyl (C=O) groups excluding carboxylic acids is 1. The molecule has 0 radical (unpaired) electrons. The molecule has 1 N–H and O–H groups in total. The van der Waals surface area contributed by atoms with Gasteiger partial charge in [0.25, 0.3) is 5.91 Å². The van der Waals surface area contributed by atoms with Crippen LogP contribution in [-0.4, -0.2) is 20.5 Å². The van der Waals surface area contributed by atoms with Crippen molar-refractivity contribution in [1.82, 2.24) is 14.6 Å². The van der Waals surface area contributed by atoms with Gasteiger partial charge in [0.05, 0.1) is 11.9 Å². The molecule has 0 aliphatic rings. The minimum absolute atomic E-state index is 0.0489. The Morgan fingerprint density at radius 3 is 2.47 bits per heavy atom. The number of nitrogens with one attached hydrogen (secondary N) is 1. The predicted octanol–water partition coefficient (Wildman–Crippen LogP) is 6.38. The molecule has 5 nitrogen and oxygen atoms in total. The van der Waals surface area contributed by atoms with E-state index in [9.17, 15) is 18.0 Å². The van der Waals surface area contributed by atoms with Crippen molar-refractivity contribution < 1.29 is 18.0 Å². The van der Waals surface area contributed by atoms with Crippen molar-refractivity contribution in [2.75, 3.05) is 5.32 Å². The Morgan fingerprint density at radius 2 is 1.74 bits per heavy atom. The molecular formula is C26H19F3N4O. The number of anilines is 1. The molecule has 1 amide bonds. The second kappa shape index (κ2) is 8.30. The van der Waals surface area contributed by atoms with E-state index in [-0.39, 0.29) is 16.9 Å². The molecule has 34 heavy (non-hydrogen) atoms. The molecule has 8 heteroatoms. The second-order valence-corrected chi connectivity index (χ2v) is 7.85. The van der Waals surface area contributed by atoms with Crippen LogP contribution >= 0.6 is 0 Å². The van der Waals surface area contributed by atoms with Crippen LogP contribution in [0.2, 0.25) is 0 Å². The third kappa shape index (κ3) is 3.87. The highest BCUT2D eigenvalue weighted by atomic mass is 19.4. The number of halogens is 3. The van der Waals surface area contributed by atoms with Crippen molar-refractivity contribution in [3.05, 3.63) is 95.8 Å². The number of hydrogen-bond acceptors (Lipinski definition) is 3. The zero-order chi connectivity index (χ0) is 23.9. The third-order valence-corrected chi connectivity index (χ3v) is 5.69. The molecule has 3 aromatic carbocycles. The highest BCUT2D eigenvalue weighted by Crippen LogP contribution is 2.35. The van der Waals surface area contributed by atoms with Gasteiger partial charge in [-0.05, 0) is 41.0 Å². The van der Waals surface area contributed by atoms with Crippen LogP contribution in [0.4, 0.5) is 18.9 Å². The minimum atomic E-state index is -4.70. The standard InChI is InChI=1S/C26H19F3N4O/c1-2-16-10-12-18(13-11-16)31-25(34)21-15-30-33-23(26(27,28)29)14-22(32-24(21)33)20-9-5-7-17-6-3-4-8-19(17)20/h3-15H,2H2,1H3,(H,31,34). The summed E-state index contributed by atoms with van der Waals surface area (Å²) in [5, 5.41) is 8.20. The van der Waals surface area contributed by atoms with Gasteiger partial charge in [-0.3, -0.25) is 4.79 Å². The van der Waals surface area contributed by atoms with Crippen LogP contribution in [0.5, 0.6) is 0 Å². The first-order chi connectivity index (χ1) is 16.3. The zero-order valence-electron chi connectivity index (χ0n) is 18.1. The van der Waals surface area contributed by atoms with E-state index in [4.69, 9.17) is 0 Å². The van der Waals surface area contributed by atoms with Crippen LogP contribution in [0.15, 0.2) is 79.0 Å². The van der Waals surface area contributed by atoms with Crippen LogP contribution in [0.25, 0.3) is 27.7 Å². The van der Waals surface area contributed by atoms with Crippen molar-refractivity contribution in [3.63, 3.8) is 0 Å². The van der Waals surface area contributed by atoms with Gasteiger partial charge in [0.15, 0.2) is 11.3 Å². The SMILES string of the molecule is CCc1ccc(NC(=O)c2cnn3c(C(F)(F)F)cc(-c4cccc5ccccc45)nc23)cc1. The van der Waals surface area contributed by atoms with Crippen LogP contribution < -0.4 is 5.32 Å². The maximum Gasteiger partial charge on any atom is 0.433 e. The molecule has 0 unspecified atom stereocenters. The summed E-state index contributed by atoms with van der Waals surface area (Å²) >= 11 is 0. The summed E-state index contributed by atoms with van der Waals surface area (Å²) in [6.07, 6.45) is -2.74. The highest BCUT2D eigenvalue weighted by Gasteiger charge is 2.36. The normalized spacial score (nSPS) is 11.8. The summed E-state index contributed by atoms with van der Waals surface area (Å²) in [5.74, 6) is -0.588. The largest absolute Gasteiger partial charge is 0.433 e. The van der Waals surface area contributed by atoms with Gasteiger partial charge in [0.1, 0.15) is 5.56 Å². The number of fused-ring (bicyclic) bond motifs is 2. The van der Waals surface area contributed by atoms with Crippen molar-refractivity contribution in [2.45, 2.75) is 19.5 Å². The fourth-order valence-corrected chi connectivity index (χ4v) is 3.93. The number of aryl methyl sites for hydroxylation is 1. The summed E-state index contributed by atoms with van der Waals surface area (Å²) in [4.78, 5) is 17.4. The molecule has 0 spiro atoms. The van der Waals surface area contributed by atoms with E-state index in [1.165, 1.54) is 0 Å². The number of aromatic nitrogens is 3. The van der Waals surface area contributed by atoms with Gasteiger partial charge in [-0.15, -0.1) is 0 Å². The maximum atomic E-state index is 14.0. The molecule has 0 atom stereocenters. The molecule has 2 heterocycles. The molecular weight excluding hydrogens is 441 g/mol. The van der Waals surface area contributed by atoms with Crippen LogP contribution in [0, 0.1) is 0 Å². The Morgan fingerprint density at radius 1 is 1.00 bits per heavy atom. The van der Waals surface area contributed by atoms with Crippen LogP contribution in [0.1, 0.15) is 28.5 Å². The van der Waals surface area contributed by atoms with Crippen LogP contribution in [0.3, 0.4) is 0 Å². The predicted molar refractivity (Wildman–Crippen MR) is 125 cm³/mol. The van der Waals surface area contributed by atoms with Gasteiger partial charge in [0, 0.05) is 11.3 Å². The van der Waals surface area contributed by atoms with E-state index in [2.05, 4.69) is 15.4 Å². The molecule has 0 saturated heterocycles. The van der Waals surface area contributed by atoms with Crippen LogP contribution in [-0.2, 0) is 12.6 Å². The van der Waals surface area contributed by atoms with Gasteiger partial charge >= 0.3 is 6.18 Å². The molecule has 0 aliphatic heterocycles. The Kier molecular flexibility index (Phi) is 5.28. The number of rotatable bonds is 4. The number of nitrogens with zero attached hydrogens (tertiary/aromatic N) is 3. The molecule has 5 rings (SSSR count). The number of benzene rings is 3. The van der Waals surface area contributed by atoms with E-state index in [1.807, 2.05) is 49.4 Å². The first-order valence-corrected chi connectivity index (χ1v) is 10.7. The van der Waals surface area contributed by atoms with Crippen molar-refractivity contribution in [3.8, 4) is 11.3 Å². The lowest BCUT2D eigenvalue weighted by Gasteiger charge is -2.13. The van der Waals surface area contributed by atoms with Crippen molar-refractivity contribution >= 4 is 28.0 Å². The zero-order valence-corrected chi connectivity index (χ0v) is 18.1. The van der Waals surface area contributed by atoms with Crippen molar-refractivity contribution in [2.24, 2.45) is 0 Å². The lowest BCUT2D eigenvalue weighted by Crippen LogP contribution is -2.16. The smallest absolute Gasteiger partial charge is 0.322 e. The Balaban J connectivity index is 1.65. The van der Waals surface area contributed by atoms with E-state index in [0.29, 0.717) is 15.8 Å². The Hall–Kier alpha value is -4.20. The maximum absolute atomic E-state index is 14.0. The molecule has 0 bridgehead atoms. The molecule has 0 aliphatic carbocycles. The molecule has 170 valence electrons. The molecule has 2 aromatic heterocycles. The van der Waals surface area contributed by atoms with E-state index >= 15 is 0 Å². The molecule has 0 fully saturated rings. The van der Waals surface area contributed by atoms with E-state index in [1.54, 1.807) is 24.3 Å². The average Bonchev–Trinajstić information content (AvgIpc) is 3.27. The fourth-order valence-electron chi connectivity index (χ4n) is 3.93. The monoisotopic (exact) mass is 460 g/mol. The first kappa shape index (κ1) is 21.6. The Labute approximate surface area is 192 Å². The second-order valence-electron chi connectivity index (χ2n) is 7.85. The van der Waals surface area contributed by atoms with Gasteiger partial charge in [-0.25, -0.2) is 9.50 Å². The fraction of sp³-hybridized carbons (Fsp3) is 0.115. The summed E-state index contributed by atoms with van der Waals surface area (Å²) < 4.78 is 42.6. The number of amides is 1.